The first-order chi connectivity index (χ1) is 10.1. The highest BCUT2D eigenvalue weighted by Gasteiger charge is 2.24. The monoisotopic (exact) mass is 293 g/mol. The fraction of sp³-hybridized carbons (Fsp3) is 0.647. The summed E-state index contributed by atoms with van der Waals surface area (Å²) >= 11 is 0. The molecule has 1 aromatic rings. The third-order valence-corrected chi connectivity index (χ3v) is 4.25. The van der Waals surface area contributed by atoms with Crippen LogP contribution in [0.25, 0.3) is 0 Å². The lowest BCUT2D eigenvalue weighted by Crippen LogP contribution is -2.34. The van der Waals surface area contributed by atoms with Gasteiger partial charge in [0.1, 0.15) is 18.1 Å². The van der Waals surface area contributed by atoms with Crippen LogP contribution in [0, 0.1) is 0 Å². The van der Waals surface area contributed by atoms with E-state index in [0.29, 0.717) is 25.5 Å². The Morgan fingerprint density at radius 2 is 2.00 bits per heavy atom. The zero-order chi connectivity index (χ0) is 15.3. The predicted octanol–water partition coefficient (Wildman–Crippen LogP) is 2.88. The Kier molecular flexibility index (Phi) is 5.48. The number of hydrogen-bond donors (Lipinski definition) is 2. The molecule has 0 spiro atoms. The van der Waals surface area contributed by atoms with Crippen molar-refractivity contribution in [1.29, 1.82) is 0 Å². The maximum absolute atomic E-state index is 10.4. The molecule has 118 valence electrons. The average Bonchev–Trinajstić information content (AvgIpc) is 3.35. The quantitative estimate of drug-likeness (QED) is 0.735. The van der Waals surface area contributed by atoms with E-state index in [0.717, 1.165) is 23.6 Å². The number of methoxy groups -OCH3 is 1. The number of rotatable bonds is 9. The van der Waals surface area contributed by atoms with Crippen LogP contribution >= 0.6 is 0 Å². The van der Waals surface area contributed by atoms with Crippen LogP contribution in [0.15, 0.2) is 18.2 Å². The van der Waals surface area contributed by atoms with E-state index in [1.165, 1.54) is 12.8 Å². The highest BCUT2D eigenvalue weighted by atomic mass is 16.5. The van der Waals surface area contributed by atoms with Gasteiger partial charge in [-0.15, -0.1) is 0 Å². The summed E-state index contributed by atoms with van der Waals surface area (Å²) in [6.07, 6.45) is 3.89. The number of benzene rings is 1. The first-order valence-electron chi connectivity index (χ1n) is 7.85. The molecule has 0 saturated heterocycles. The van der Waals surface area contributed by atoms with E-state index in [1.54, 1.807) is 7.11 Å². The largest absolute Gasteiger partial charge is 0.497 e. The summed E-state index contributed by atoms with van der Waals surface area (Å²) in [7, 11) is 1.65. The van der Waals surface area contributed by atoms with Gasteiger partial charge >= 0.3 is 0 Å². The Bertz CT molecular complexity index is 453. The minimum Gasteiger partial charge on any atom is -0.497 e. The molecule has 0 atom stereocenters. The van der Waals surface area contributed by atoms with Gasteiger partial charge in [0.2, 0.25) is 0 Å². The van der Waals surface area contributed by atoms with Crippen molar-refractivity contribution in [3.05, 3.63) is 23.8 Å². The second-order valence-electron chi connectivity index (χ2n) is 5.85. The summed E-state index contributed by atoms with van der Waals surface area (Å²) in [5.74, 6) is 1.57. The average molecular weight is 293 g/mol. The molecule has 4 heteroatoms. The van der Waals surface area contributed by atoms with E-state index in [9.17, 15) is 5.11 Å². The summed E-state index contributed by atoms with van der Waals surface area (Å²) in [6, 6.07) is 6.53. The van der Waals surface area contributed by atoms with Gasteiger partial charge in [0.25, 0.3) is 0 Å². The zero-order valence-electron chi connectivity index (χ0n) is 13.3. The summed E-state index contributed by atoms with van der Waals surface area (Å²) in [6.45, 7) is 5.06. The maximum Gasteiger partial charge on any atom is 0.127 e. The van der Waals surface area contributed by atoms with Gasteiger partial charge in [0.05, 0.1) is 12.7 Å². The molecule has 0 unspecified atom stereocenters. The Morgan fingerprint density at radius 3 is 2.57 bits per heavy atom. The van der Waals surface area contributed by atoms with Gasteiger partial charge in [-0.2, -0.15) is 0 Å². The maximum atomic E-state index is 10.4. The van der Waals surface area contributed by atoms with Gasteiger partial charge in [-0.1, -0.05) is 19.9 Å². The smallest absolute Gasteiger partial charge is 0.127 e. The first kappa shape index (κ1) is 16.1. The second-order valence-corrected chi connectivity index (χ2v) is 5.85. The standard InChI is InChI=1S/C17H27NO3/c1-4-17(19,5-2)12-21-16-10-15(20-3)9-6-13(16)11-18-14-7-8-14/h6,9-10,14,18-19H,4-5,7-8,11-12H2,1-3H3. The molecule has 1 aliphatic rings. The van der Waals surface area contributed by atoms with Crippen LogP contribution in [0.5, 0.6) is 11.5 Å². The minimum atomic E-state index is -0.760. The van der Waals surface area contributed by atoms with Crippen LogP contribution in [-0.4, -0.2) is 30.5 Å². The lowest BCUT2D eigenvalue weighted by Gasteiger charge is -2.26. The van der Waals surface area contributed by atoms with Gasteiger partial charge < -0.3 is 19.9 Å². The SMILES string of the molecule is CCC(O)(CC)COc1cc(OC)ccc1CNC1CC1. The highest BCUT2D eigenvalue weighted by Crippen LogP contribution is 2.28. The van der Waals surface area contributed by atoms with E-state index in [4.69, 9.17) is 9.47 Å². The Morgan fingerprint density at radius 1 is 1.29 bits per heavy atom. The van der Waals surface area contributed by atoms with Crippen molar-refractivity contribution in [3.63, 3.8) is 0 Å². The molecule has 4 nitrogen and oxygen atoms in total. The topological polar surface area (TPSA) is 50.7 Å². The molecular formula is C17H27NO3. The van der Waals surface area contributed by atoms with Crippen molar-refractivity contribution in [2.24, 2.45) is 0 Å². The van der Waals surface area contributed by atoms with Crippen molar-refractivity contribution in [2.75, 3.05) is 13.7 Å². The summed E-state index contributed by atoms with van der Waals surface area (Å²) < 4.78 is 11.2. The lowest BCUT2D eigenvalue weighted by molar-refractivity contribution is -0.0116. The molecule has 0 aromatic heterocycles. The van der Waals surface area contributed by atoms with E-state index in [-0.39, 0.29) is 0 Å². The highest BCUT2D eigenvalue weighted by molar-refractivity contribution is 5.40. The van der Waals surface area contributed by atoms with Crippen LogP contribution in [0.1, 0.15) is 45.1 Å². The van der Waals surface area contributed by atoms with Gasteiger partial charge in [-0.05, 0) is 31.7 Å². The van der Waals surface area contributed by atoms with Crippen molar-refractivity contribution in [2.45, 2.75) is 57.7 Å². The van der Waals surface area contributed by atoms with Crippen LogP contribution in [0.3, 0.4) is 0 Å². The summed E-state index contributed by atoms with van der Waals surface area (Å²) in [5, 5.41) is 13.9. The number of nitrogens with one attached hydrogen (secondary N) is 1. The van der Waals surface area contributed by atoms with Crippen molar-refractivity contribution in [3.8, 4) is 11.5 Å². The van der Waals surface area contributed by atoms with E-state index in [1.807, 2.05) is 32.0 Å². The van der Waals surface area contributed by atoms with Gasteiger partial charge in [-0.25, -0.2) is 0 Å². The van der Waals surface area contributed by atoms with Gasteiger partial charge in [0.15, 0.2) is 0 Å². The lowest BCUT2D eigenvalue weighted by atomic mass is 9.99. The molecule has 0 aliphatic heterocycles. The molecule has 0 radical (unpaired) electrons. The molecule has 2 rings (SSSR count). The Balaban J connectivity index is 2.05. The number of ether oxygens (including phenoxy) is 2. The zero-order valence-corrected chi connectivity index (χ0v) is 13.3. The number of hydrogen-bond acceptors (Lipinski definition) is 4. The van der Waals surface area contributed by atoms with Crippen LogP contribution in [0.2, 0.25) is 0 Å². The molecular weight excluding hydrogens is 266 g/mol. The molecule has 21 heavy (non-hydrogen) atoms. The van der Waals surface area contributed by atoms with Crippen LogP contribution < -0.4 is 14.8 Å². The molecule has 1 saturated carbocycles. The van der Waals surface area contributed by atoms with E-state index < -0.39 is 5.60 Å². The molecule has 0 amide bonds. The fourth-order valence-corrected chi connectivity index (χ4v) is 2.15. The molecule has 0 bridgehead atoms. The van der Waals surface area contributed by atoms with Crippen molar-refractivity contribution < 1.29 is 14.6 Å². The summed E-state index contributed by atoms with van der Waals surface area (Å²) in [4.78, 5) is 0. The van der Waals surface area contributed by atoms with Crippen molar-refractivity contribution >= 4 is 0 Å². The fourth-order valence-electron chi connectivity index (χ4n) is 2.15. The molecule has 1 aromatic carbocycles. The summed E-state index contributed by atoms with van der Waals surface area (Å²) in [5.41, 5.74) is 0.349. The Hall–Kier alpha value is -1.26. The number of aliphatic hydroxyl groups is 1. The molecule has 0 heterocycles. The predicted molar refractivity (Wildman–Crippen MR) is 83.9 cm³/mol. The van der Waals surface area contributed by atoms with Gasteiger partial charge in [-0.3, -0.25) is 0 Å². The van der Waals surface area contributed by atoms with E-state index >= 15 is 0 Å². The van der Waals surface area contributed by atoms with Gasteiger partial charge in [0, 0.05) is 24.2 Å². The van der Waals surface area contributed by atoms with Crippen LogP contribution in [-0.2, 0) is 6.54 Å². The van der Waals surface area contributed by atoms with Crippen LogP contribution in [0.4, 0.5) is 0 Å². The third-order valence-electron chi connectivity index (χ3n) is 4.25. The second kappa shape index (κ2) is 7.14. The van der Waals surface area contributed by atoms with Crippen molar-refractivity contribution in [1.82, 2.24) is 5.32 Å². The minimum absolute atomic E-state index is 0.309. The molecule has 1 fully saturated rings. The molecule has 1 aliphatic carbocycles. The molecule has 2 N–H and O–H groups in total. The first-order valence-corrected chi connectivity index (χ1v) is 7.85. The van der Waals surface area contributed by atoms with E-state index in [2.05, 4.69) is 5.32 Å². The third kappa shape index (κ3) is 4.61. The normalized spacial score (nSPS) is 15.0. The Labute approximate surface area is 127 Å².